The first kappa shape index (κ1) is 28.1. The number of carbonyl (C=O) groups excluding carboxylic acids is 2. The van der Waals surface area contributed by atoms with E-state index in [0.717, 1.165) is 38.5 Å². The molecule has 1 aromatic rings. The van der Waals surface area contributed by atoms with Crippen molar-refractivity contribution >= 4 is 17.4 Å². The number of hydrogen-bond acceptors (Lipinski definition) is 5. The number of benzene rings is 1. The average Bonchev–Trinajstić information content (AvgIpc) is 3.11. The van der Waals surface area contributed by atoms with Crippen LogP contribution in [0.1, 0.15) is 105 Å². The molecule has 5 nitrogen and oxygen atoms in total. The second-order valence-electron chi connectivity index (χ2n) is 13.7. The third-order valence-electron chi connectivity index (χ3n) is 11.9. The highest BCUT2D eigenvalue weighted by Gasteiger charge is 2.75. The van der Waals surface area contributed by atoms with Crippen molar-refractivity contribution in [3.63, 3.8) is 0 Å². The standard InChI is InChI=1S/C34H47NO4/c1-21(2)35(8)26-11-9-24(10-12-26)29-20-33(7)32(6,17-18-34(33,22(3)36)39-23(4)37)31(5)16-15-25-19-27(38)13-14-28(25)30(29)31/h9-12,19,21,27,29,38H,13-18,20H2,1-8H3/t27?,29-,31-,32+,33+,34+/m1/s1. The maximum absolute atomic E-state index is 13.5. The van der Waals surface area contributed by atoms with Gasteiger partial charge in [-0.25, -0.2) is 0 Å². The van der Waals surface area contributed by atoms with Crippen molar-refractivity contribution < 1.29 is 19.4 Å². The minimum Gasteiger partial charge on any atom is -0.451 e. The van der Waals surface area contributed by atoms with Crippen LogP contribution in [0.4, 0.5) is 5.69 Å². The molecule has 0 aromatic heterocycles. The molecule has 2 fully saturated rings. The predicted octanol–water partition coefficient (Wildman–Crippen LogP) is 6.89. The number of fused-ring (bicyclic) bond motifs is 4. The van der Waals surface area contributed by atoms with Gasteiger partial charge in [0.1, 0.15) is 0 Å². The molecule has 0 radical (unpaired) electrons. The zero-order chi connectivity index (χ0) is 28.5. The molecule has 2 saturated carbocycles. The summed E-state index contributed by atoms with van der Waals surface area (Å²) in [4.78, 5) is 28.3. The largest absolute Gasteiger partial charge is 0.451 e. The fraction of sp³-hybridized carbons (Fsp3) is 0.647. The van der Waals surface area contributed by atoms with Gasteiger partial charge in [0.15, 0.2) is 11.4 Å². The van der Waals surface area contributed by atoms with Crippen molar-refractivity contribution in [3.8, 4) is 0 Å². The molecule has 0 heterocycles. The molecule has 4 aliphatic carbocycles. The maximum Gasteiger partial charge on any atom is 0.303 e. The smallest absolute Gasteiger partial charge is 0.303 e. The van der Waals surface area contributed by atoms with Gasteiger partial charge in [0.2, 0.25) is 0 Å². The number of ketones is 1. The molecule has 6 atom stereocenters. The molecule has 5 rings (SSSR count). The first-order valence-electron chi connectivity index (χ1n) is 14.9. The van der Waals surface area contributed by atoms with Gasteiger partial charge in [-0.3, -0.25) is 9.59 Å². The molecular formula is C34H47NO4. The van der Waals surface area contributed by atoms with Gasteiger partial charge < -0.3 is 14.7 Å². The van der Waals surface area contributed by atoms with Crippen LogP contribution in [0.15, 0.2) is 47.1 Å². The molecule has 0 amide bonds. The summed E-state index contributed by atoms with van der Waals surface area (Å²) in [7, 11) is 2.12. The molecule has 5 heteroatoms. The monoisotopic (exact) mass is 533 g/mol. The number of ether oxygens (including phenoxy) is 1. The lowest BCUT2D eigenvalue weighted by Gasteiger charge is -2.65. The lowest BCUT2D eigenvalue weighted by molar-refractivity contribution is -0.194. The van der Waals surface area contributed by atoms with Gasteiger partial charge in [0.25, 0.3) is 0 Å². The summed E-state index contributed by atoms with van der Waals surface area (Å²) in [5.74, 6) is -0.306. The Labute approximate surface area is 234 Å². The minimum atomic E-state index is -1.12. The first-order chi connectivity index (χ1) is 18.2. The Hall–Kier alpha value is -2.40. The highest BCUT2D eigenvalue weighted by Crippen LogP contribution is 2.77. The zero-order valence-electron chi connectivity index (χ0n) is 25.2. The first-order valence-corrected chi connectivity index (χ1v) is 14.9. The van der Waals surface area contributed by atoms with Crippen LogP contribution in [0, 0.1) is 16.2 Å². The third-order valence-corrected chi connectivity index (χ3v) is 11.9. The molecule has 0 bridgehead atoms. The predicted molar refractivity (Wildman–Crippen MR) is 156 cm³/mol. The SMILES string of the molecule is CC(=O)O[C@]1(C(C)=O)CC[C@]2(C)[C@]1(C)C[C@H](c1ccc(N(C)C(C)C)cc1)C1=C3CCC(O)C=C3CC[C@]12C. The van der Waals surface area contributed by atoms with Gasteiger partial charge in [0.05, 0.1) is 6.10 Å². The van der Waals surface area contributed by atoms with E-state index in [1.165, 1.54) is 34.9 Å². The Bertz CT molecular complexity index is 1240. The van der Waals surface area contributed by atoms with E-state index >= 15 is 0 Å². The number of rotatable bonds is 5. The molecule has 0 aliphatic heterocycles. The number of anilines is 1. The molecule has 1 aromatic carbocycles. The Kier molecular flexibility index (Phi) is 6.73. The van der Waals surface area contributed by atoms with E-state index in [2.05, 4.69) is 76.9 Å². The number of aliphatic hydroxyl groups is 1. The highest BCUT2D eigenvalue weighted by atomic mass is 16.6. The van der Waals surface area contributed by atoms with E-state index in [0.29, 0.717) is 12.5 Å². The van der Waals surface area contributed by atoms with Crippen LogP contribution in [-0.4, -0.2) is 41.7 Å². The van der Waals surface area contributed by atoms with E-state index in [9.17, 15) is 14.7 Å². The number of esters is 1. The summed E-state index contributed by atoms with van der Waals surface area (Å²) in [6, 6.07) is 9.38. The minimum absolute atomic E-state index is 0.0338. The maximum atomic E-state index is 13.5. The van der Waals surface area contributed by atoms with E-state index in [-0.39, 0.29) is 34.6 Å². The molecule has 39 heavy (non-hydrogen) atoms. The summed E-state index contributed by atoms with van der Waals surface area (Å²) >= 11 is 0. The van der Waals surface area contributed by atoms with Gasteiger partial charge in [0, 0.05) is 37.0 Å². The quantitative estimate of drug-likeness (QED) is 0.417. The lowest BCUT2D eigenvalue weighted by Crippen LogP contribution is -2.63. The van der Waals surface area contributed by atoms with E-state index < -0.39 is 11.0 Å². The second-order valence-corrected chi connectivity index (χ2v) is 13.7. The van der Waals surface area contributed by atoms with Crippen LogP contribution in [0.3, 0.4) is 0 Å². The molecule has 1 unspecified atom stereocenters. The van der Waals surface area contributed by atoms with E-state index in [4.69, 9.17) is 4.74 Å². The van der Waals surface area contributed by atoms with Crippen LogP contribution < -0.4 is 4.90 Å². The van der Waals surface area contributed by atoms with E-state index in [1.807, 2.05) is 0 Å². The second kappa shape index (κ2) is 9.33. The lowest BCUT2D eigenvalue weighted by atomic mass is 9.39. The summed E-state index contributed by atoms with van der Waals surface area (Å²) in [6.07, 6.45) is 7.42. The Morgan fingerprint density at radius 3 is 2.26 bits per heavy atom. The highest BCUT2D eigenvalue weighted by molar-refractivity contribution is 5.89. The molecular weight excluding hydrogens is 486 g/mol. The molecule has 4 aliphatic rings. The number of aliphatic hydroxyl groups excluding tert-OH is 1. The number of hydrogen-bond donors (Lipinski definition) is 1. The Morgan fingerprint density at radius 1 is 1.00 bits per heavy atom. The van der Waals surface area contributed by atoms with Crippen LogP contribution in [0.25, 0.3) is 0 Å². The third kappa shape index (κ3) is 3.82. The molecule has 0 saturated heterocycles. The van der Waals surface area contributed by atoms with Gasteiger partial charge in [-0.15, -0.1) is 0 Å². The number of nitrogens with zero attached hydrogens (tertiary/aromatic N) is 1. The van der Waals surface area contributed by atoms with Crippen LogP contribution in [-0.2, 0) is 14.3 Å². The normalized spacial score (nSPS) is 37.5. The molecule has 0 spiro atoms. The van der Waals surface area contributed by atoms with Crippen molar-refractivity contribution in [2.45, 2.75) is 117 Å². The van der Waals surface area contributed by atoms with Crippen molar-refractivity contribution in [2.24, 2.45) is 16.2 Å². The van der Waals surface area contributed by atoms with Crippen LogP contribution >= 0.6 is 0 Å². The van der Waals surface area contributed by atoms with Crippen molar-refractivity contribution in [3.05, 3.63) is 52.6 Å². The fourth-order valence-corrected chi connectivity index (χ4v) is 9.21. The van der Waals surface area contributed by atoms with Gasteiger partial charge in [-0.05, 0) is 105 Å². The Balaban J connectivity index is 1.74. The number of carbonyl (C=O) groups is 2. The van der Waals surface area contributed by atoms with Crippen molar-refractivity contribution in [2.75, 3.05) is 11.9 Å². The van der Waals surface area contributed by atoms with Crippen molar-refractivity contribution in [1.82, 2.24) is 0 Å². The van der Waals surface area contributed by atoms with E-state index in [1.54, 1.807) is 6.92 Å². The number of Topliss-reactive ketones (excluding diaryl/α,β-unsaturated/α-hetero) is 1. The van der Waals surface area contributed by atoms with Gasteiger partial charge in [-0.2, -0.15) is 0 Å². The summed E-state index contributed by atoms with van der Waals surface area (Å²) < 4.78 is 6.15. The van der Waals surface area contributed by atoms with Crippen molar-refractivity contribution in [1.29, 1.82) is 0 Å². The van der Waals surface area contributed by atoms with Crippen LogP contribution in [0.5, 0.6) is 0 Å². The molecule has 1 N–H and O–H groups in total. The van der Waals surface area contributed by atoms with Gasteiger partial charge in [-0.1, -0.05) is 44.6 Å². The summed E-state index contributed by atoms with van der Waals surface area (Å²) in [5.41, 5.74) is 4.65. The van der Waals surface area contributed by atoms with Crippen LogP contribution in [0.2, 0.25) is 0 Å². The summed E-state index contributed by atoms with van der Waals surface area (Å²) in [5, 5.41) is 10.5. The average molecular weight is 534 g/mol. The summed E-state index contributed by atoms with van der Waals surface area (Å²) in [6.45, 7) is 14.5. The number of allylic oxidation sites excluding steroid dienone is 3. The fourth-order valence-electron chi connectivity index (χ4n) is 9.21. The topological polar surface area (TPSA) is 66.8 Å². The zero-order valence-corrected chi connectivity index (χ0v) is 25.2. The molecule has 212 valence electrons. The Morgan fingerprint density at radius 2 is 1.67 bits per heavy atom. The van der Waals surface area contributed by atoms with Gasteiger partial charge >= 0.3 is 5.97 Å².